The molecule has 2 unspecified atom stereocenters. The van der Waals surface area contributed by atoms with Crippen molar-refractivity contribution in [1.82, 2.24) is 5.32 Å². The standard InChI is InChI=1S/C15H23Cl2N/c1-4-8-18-11(3)12(5-2)9-13-6-7-14(16)10-15(13)17/h6-7,10-12,18H,4-5,8-9H2,1-3H3. The zero-order chi connectivity index (χ0) is 13.5. The summed E-state index contributed by atoms with van der Waals surface area (Å²) in [7, 11) is 0. The number of benzene rings is 1. The Labute approximate surface area is 121 Å². The van der Waals surface area contributed by atoms with E-state index in [1.165, 1.54) is 12.0 Å². The molecule has 18 heavy (non-hydrogen) atoms. The van der Waals surface area contributed by atoms with Gasteiger partial charge in [0.1, 0.15) is 0 Å². The maximum Gasteiger partial charge on any atom is 0.0452 e. The molecule has 1 nitrogen and oxygen atoms in total. The van der Waals surface area contributed by atoms with E-state index in [9.17, 15) is 0 Å². The van der Waals surface area contributed by atoms with Gasteiger partial charge in [-0.15, -0.1) is 0 Å². The highest BCUT2D eigenvalue weighted by atomic mass is 35.5. The topological polar surface area (TPSA) is 12.0 Å². The van der Waals surface area contributed by atoms with Gasteiger partial charge in [0.2, 0.25) is 0 Å². The molecule has 102 valence electrons. The summed E-state index contributed by atoms with van der Waals surface area (Å²) in [5.41, 5.74) is 1.19. The molecule has 0 spiro atoms. The third kappa shape index (κ3) is 4.79. The first-order chi connectivity index (χ1) is 8.58. The minimum absolute atomic E-state index is 0.515. The average molecular weight is 288 g/mol. The van der Waals surface area contributed by atoms with E-state index in [1.54, 1.807) is 0 Å². The number of hydrogen-bond donors (Lipinski definition) is 1. The first-order valence-corrected chi connectivity index (χ1v) is 7.51. The Balaban J connectivity index is 2.67. The Hall–Kier alpha value is -0.240. The molecule has 0 aliphatic carbocycles. The lowest BCUT2D eigenvalue weighted by Gasteiger charge is -2.24. The summed E-state index contributed by atoms with van der Waals surface area (Å²) in [4.78, 5) is 0. The maximum absolute atomic E-state index is 6.23. The second kappa shape index (κ2) is 8.04. The Bertz CT molecular complexity index is 366. The molecule has 1 aromatic rings. The molecular formula is C15H23Cl2N. The fourth-order valence-corrected chi connectivity index (χ4v) is 2.67. The second-order valence-electron chi connectivity index (χ2n) is 4.85. The molecule has 2 atom stereocenters. The smallest absolute Gasteiger partial charge is 0.0452 e. The molecule has 0 aromatic heterocycles. The summed E-state index contributed by atoms with van der Waals surface area (Å²) in [6, 6.07) is 6.30. The zero-order valence-corrected chi connectivity index (χ0v) is 13.0. The molecule has 0 bridgehead atoms. The lowest BCUT2D eigenvalue weighted by molar-refractivity contribution is 0.362. The predicted octanol–water partition coefficient (Wildman–Crippen LogP) is 4.95. The van der Waals surface area contributed by atoms with Crippen LogP contribution in [-0.4, -0.2) is 12.6 Å². The molecule has 3 heteroatoms. The molecular weight excluding hydrogens is 265 g/mol. The van der Waals surface area contributed by atoms with Crippen molar-refractivity contribution in [2.75, 3.05) is 6.54 Å². The predicted molar refractivity (Wildman–Crippen MR) is 81.7 cm³/mol. The zero-order valence-electron chi connectivity index (χ0n) is 11.5. The van der Waals surface area contributed by atoms with Gasteiger partial charge < -0.3 is 5.32 Å². The molecule has 1 aromatic carbocycles. The first kappa shape index (κ1) is 15.8. The number of halogens is 2. The SMILES string of the molecule is CCCNC(C)C(CC)Cc1ccc(Cl)cc1Cl. The largest absolute Gasteiger partial charge is 0.314 e. The van der Waals surface area contributed by atoms with Crippen molar-refractivity contribution in [3.63, 3.8) is 0 Å². The van der Waals surface area contributed by atoms with Crippen molar-refractivity contribution in [1.29, 1.82) is 0 Å². The molecule has 0 saturated heterocycles. The molecule has 0 aliphatic heterocycles. The van der Waals surface area contributed by atoms with Gasteiger partial charge in [-0.2, -0.15) is 0 Å². The summed E-state index contributed by atoms with van der Waals surface area (Å²) in [5.74, 6) is 0.607. The Morgan fingerprint density at radius 1 is 1.22 bits per heavy atom. The van der Waals surface area contributed by atoms with E-state index in [0.29, 0.717) is 17.0 Å². The van der Waals surface area contributed by atoms with Gasteiger partial charge in [-0.05, 0) is 49.9 Å². The summed E-state index contributed by atoms with van der Waals surface area (Å²) in [6.45, 7) is 7.76. The van der Waals surface area contributed by atoms with E-state index in [0.717, 1.165) is 24.4 Å². The van der Waals surface area contributed by atoms with Gasteiger partial charge in [0.15, 0.2) is 0 Å². The van der Waals surface area contributed by atoms with Crippen LogP contribution in [0, 0.1) is 5.92 Å². The molecule has 0 radical (unpaired) electrons. The van der Waals surface area contributed by atoms with E-state index in [4.69, 9.17) is 23.2 Å². The van der Waals surface area contributed by atoms with Gasteiger partial charge in [-0.3, -0.25) is 0 Å². The molecule has 1 N–H and O–H groups in total. The van der Waals surface area contributed by atoms with Gasteiger partial charge in [0.25, 0.3) is 0 Å². The minimum atomic E-state index is 0.515. The number of rotatable bonds is 7. The molecule has 0 amide bonds. The van der Waals surface area contributed by atoms with Crippen LogP contribution in [-0.2, 0) is 6.42 Å². The van der Waals surface area contributed by atoms with Gasteiger partial charge in [-0.25, -0.2) is 0 Å². The van der Waals surface area contributed by atoms with Crippen LogP contribution in [0.25, 0.3) is 0 Å². The van der Waals surface area contributed by atoms with Crippen LogP contribution < -0.4 is 5.32 Å². The average Bonchev–Trinajstić information content (AvgIpc) is 2.35. The molecule has 0 saturated carbocycles. The van der Waals surface area contributed by atoms with E-state index in [2.05, 4.69) is 26.1 Å². The molecule has 0 aliphatic rings. The molecule has 0 fully saturated rings. The first-order valence-electron chi connectivity index (χ1n) is 6.75. The van der Waals surface area contributed by atoms with Gasteiger partial charge in [0, 0.05) is 16.1 Å². The Kier molecular flexibility index (Phi) is 7.06. The fourth-order valence-electron chi connectivity index (χ4n) is 2.18. The van der Waals surface area contributed by atoms with Crippen molar-refractivity contribution < 1.29 is 0 Å². The van der Waals surface area contributed by atoms with Crippen molar-refractivity contribution in [3.05, 3.63) is 33.8 Å². The molecule has 1 rings (SSSR count). The highest BCUT2D eigenvalue weighted by Crippen LogP contribution is 2.25. The van der Waals surface area contributed by atoms with Crippen LogP contribution in [0.15, 0.2) is 18.2 Å². The van der Waals surface area contributed by atoms with Crippen molar-refractivity contribution in [2.24, 2.45) is 5.92 Å². The number of hydrogen-bond acceptors (Lipinski definition) is 1. The van der Waals surface area contributed by atoms with E-state index in [-0.39, 0.29) is 0 Å². The van der Waals surface area contributed by atoms with Crippen molar-refractivity contribution >= 4 is 23.2 Å². The van der Waals surface area contributed by atoms with E-state index >= 15 is 0 Å². The summed E-state index contributed by atoms with van der Waals surface area (Å²) >= 11 is 12.2. The fraction of sp³-hybridized carbons (Fsp3) is 0.600. The van der Waals surface area contributed by atoms with Gasteiger partial charge >= 0.3 is 0 Å². The van der Waals surface area contributed by atoms with Crippen LogP contribution in [0.3, 0.4) is 0 Å². The van der Waals surface area contributed by atoms with Crippen molar-refractivity contribution in [3.8, 4) is 0 Å². The molecule has 0 heterocycles. The Morgan fingerprint density at radius 3 is 2.50 bits per heavy atom. The van der Waals surface area contributed by atoms with E-state index < -0.39 is 0 Å². The van der Waals surface area contributed by atoms with Crippen LogP contribution in [0.2, 0.25) is 10.0 Å². The van der Waals surface area contributed by atoms with Crippen molar-refractivity contribution in [2.45, 2.75) is 46.1 Å². The van der Waals surface area contributed by atoms with Crippen LogP contribution in [0.5, 0.6) is 0 Å². The monoisotopic (exact) mass is 287 g/mol. The van der Waals surface area contributed by atoms with E-state index in [1.807, 2.05) is 18.2 Å². The highest BCUT2D eigenvalue weighted by Gasteiger charge is 2.16. The summed E-state index contributed by atoms with van der Waals surface area (Å²) in [6.07, 6.45) is 3.32. The summed E-state index contributed by atoms with van der Waals surface area (Å²) in [5, 5.41) is 5.05. The van der Waals surface area contributed by atoms with Crippen LogP contribution in [0.1, 0.15) is 39.2 Å². The lowest BCUT2D eigenvalue weighted by atomic mass is 9.90. The lowest BCUT2D eigenvalue weighted by Crippen LogP contribution is -2.34. The quantitative estimate of drug-likeness (QED) is 0.748. The maximum atomic E-state index is 6.23. The second-order valence-corrected chi connectivity index (χ2v) is 5.69. The Morgan fingerprint density at radius 2 is 1.94 bits per heavy atom. The third-order valence-corrected chi connectivity index (χ3v) is 4.03. The highest BCUT2D eigenvalue weighted by molar-refractivity contribution is 6.35. The van der Waals surface area contributed by atoms with Crippen LogP contribution >= 0.6 is 23.2 Å². The summed E-state index contributed by atoms with van der Waals surface area (Å²) < 4.78 is 0. The van der Waals surface area contributed by atoms with Crippen LogP contribution in [0.4, 0.5) is 0 Å². The normalized spacial score (nSPS) is 14.5. The third-order valence-electron chi connectivity index (χ3n) is 3.45. The minimum Gasteiger partial charge on any atom is -0.314 e. The number of nitrogens with one attached hydrogen (secondary N) is 1. The van der Waals surface area contributed by atoms with Gasteiger partial charge in [-0.1, -0.05) is 49.5 Å². The van der Waals surface area contributed by atoms with Gasteiger partial charge in [0.05, 0.1) is 0 Å².